The highest BCUT2D eigenvalue weighted by atomic mass is 16.5. The van der Waals surface area contributed by atoms with Gasteiger partial charge in [0.25, 0.3) is 0 Å². The van der Waals surface area contributed by atoms with Crippen molar-refractivity contribution in [1.29, 1.82) is 0 Å². The number of anilines is 1. The van der Waals surface area contributed by atoms with E-state index < -0.39 is 5.97 Å². The highest BCUT2D eigenvalue weighted by molar-refractivity contribution is 5.89. The predicted octanol–water partition coefficient (Wildman–Crippen LogP) is 1.37. The topological polar surface area (TPSA) is 72.5 Å². The van der Waals surface area contributed by atoms with Crippen molar-refractivity contribution in [3.8, 4) is 5.75 Å². The van der Waals surface area contributed by atoms with E-state index in [0.29, 0.717) is 18.0 Å². The zero-order valence-electron chi connectivity index (χ0n) is 7.28. The fourth-order valence-corrected chi connectivity index (χ4v) is 0.948. The third kappa shape index (κ3) is 2.11. The summed E-state index contributed by atoms with van der Waals surface area (Å²) in [6, 6.07) is 4.38. The summed E-state index contributed by atoms with van der Waals surface area (Å²) in [6.45, 7) is 2.28. The van der Waals surface area contributed by atoms with Crippen LogP contribution in [0.3, 0.4) is 0 Å². The van der Waals surface area contributed by atoms with Gasteiger partial charge in [-0.05, 0) is 25.1 Å². The highest BCUT2D eigenvalue weighted by Crippen LogP contribution is 2.22. The Balaban J connectivity index is 3.03. The van der Waals surface area contributed by atoms with E-state index in [2.05, 4.69) is 0 Å². The van der Waals surface area contributed by atoms with Crippen LogP contribution in [0.15, 0.2) is 18.2 Å². The molecule has 0 unspecified atom stereocenters. The summed E-state index contributed by atoms with van der Waals surface area (Å²) in [5, 5.41) is 8.67. The number of hydrogen-bond donors (Lipinski definition) is 2. The molecule has 4 heteroatoms. The third-order valence-electron chi connectivity index (χ3n) is 1.56. The Morgan fingerprint density at radius 2 is 2.31 bits per heavy atom. The summed E-state index contributed by atoms with van der Waals surface area (Å²) in [5.74, 6) is -0.566. The van der Waals surface area contributed by atoms with Crippen molar-refractivity contribution in [2.45, 2.75) is 6.92 Å². The average Bonchev–Trinajstić information content (AvgIpc) is 2.08. The van der Waals surface area contributed by atoms with Crippen molar-refractivity contribution in [3.05, 3.63) is 23.8 Å². The molecule has 0 radical (unpaired) electrons. The SMILES string of the molecule is CCOc1cc(C(=O)O)ccc1N. The first-order valence-corrected chi connectivity index (χ1v) is 3.90. The molecule has 0 heterocycles. The van der Waals surface area contributed by atoms with E-state index in [1.165, 1.54) is 18.2 Å². The second-order valence-corrected chi connectivity index (χ2v) is 2.49. The van der Waals surface area contributed by atoms with Crippen molar-refractivity contribution in [2.75, 3.05) is 12.3 Å². The predicted molar refractivity (Wildman–Crippen MR) is 49.0 cm³/mol. The lowest BCUT2D eigenvalue weighted by Crippen LogP contribution is -2.01. The molecule has 0 spiro atoms. The van der Waals surface area contributed by atoms with Crippen LogP contribution in [-0.2, 0) is 0 Å². The first-order chi connectivity index (χ1) is 6.15. The summed E-state index contributed by atoms with van der Waals surface area (Å²) >= 11 is 0. The summed E-state index contributed by atoms with van der Waals surface area (Å²) in [5.41, 5.74) is 6.19. The zero-order chi connectivity index (χ0) is 9.84. The lowest BCUT2D eigenvalue weighted by Gasteiger charge is -2.06. The van der Waals surface area contributed by atoms with E-state index in [4.69, 9.17) is 15.6 Å². The fourth-order valence-electron chi connectivity index (χ4n) is 0.948. The number of ether oxygens (including phenoxy) is 1. The molecule has 1 rings (SSSR count). The number of hydrogen-bond acceptors (Lipinski definition) is 3. The van der Waals surface area contributed by atoms with E-state index in [1.807, 2.05) is 6.92 Å². The molecule has 0 atom stereocenters. The van der Waals surface area contributed by atoms with Crippen molar-refractivity contribution in [1.82, 2.24) is 0 Å². The van der Waals surface area contributed by atoms with Gasteiger partial charge in [0.2, 0.25) is 0 Å². The van der Waals surface area contributed by atoms with Crippen LogP contribution in [0.25, 0.3) is 0 Å². The molecule has 0 bridgehead atoms. The van der Waals surface area contributed by atoms with Gasteiger partial charge in [0, 0.05) is 0 Å². The molecule has 0 saturated carbocycles. The maximum atomic E-state index is 10.6. The molecule has 3 N–H and O–H groups in total. The normalized spacial score (nSPS) is 9.62. The molecule has 70 valence electrons. The lowest BCUT2D eigenvalue weighted by atomic mass is 10.2. The molecule has 0 aliphatic heterocycles. The summed E-state index contributed by atoms with van der Waals surface area (Å²) < 4.78 is 5.14. The molecule has 13 heavy (non-hydrogen) atoms. The fraction of sp³-hybridized carbons (Fsp3) is 0.222. The number of carboxylic acids is 1. The first kappa shape index (κ1) is 9.38. The second-order valence-electron chi connectivity index (χ2n) is 2.49. The van der Waals surface area contributed by atoms with Crippen LogP contribution in [0.5, 0.6) is 5.75 Å². The number of carboxylic acid groups (broad SMARTS) is 1. The Kier molecular flexibility index (Phi) is 2.74. The minimum Gasteiger partial charge on any atom is -0.492 e. The maximum Gasteiger partial charge on any atom is 0.335 e. The molecule has 1 aromatic carbocycles. The van der Waals surface area contributed by atoms with Crippen LogP contribution in [0.2, 0.25) is 0 Å². The first-order valence-electron chi connectivity index (χ1n) is 3.90. The van der Waals surface area contributed by atoms with E-state index >= 15 is 0 Å². The van der Waals surface area contributed by atoms with Crippen LogP contribution in [-0.4, -0.2) is 17.7 Å². The standard InChI is InChI=1S/C9H11NO3/c1-2-13-8-5-6(9(11)12)3-4-7(8)10/h3-5H,2,10H2,1H3,(H,11,12). The van der Waals surface area contributed by atoms with E-state index in [9.17, 15) is 4.79 Å². The van der Waals surface area contributed by atoms with Crippen LogP contribution in [0, 0.1) is 0 Å². The maximum absolute atomic E-state index is 10.6. The van der Waals surface area contributed by atoms with Gasteiger partial charge >= 0.3 is 5.97 Å². The Bertz CT molecular complexity index is 323. The van der Waals surface area contributed by atoms with Gasteiger partial charge in [-0.2, -0.15) is 0 Å². The molecule has 0 amide bonds. The van der Waals surface area contributed by atoms with Gasteiger partial charge in [0.1, 0.15) is 5.75 Å². The number of carbonyl (C=O) groups is 1. The summed E-state index contributed by atoms with van der Waals surface area (Å²) in [4.78, 5) is 10.6. The molecule has 1 aromatic rings. The third-order valence-corrected chi connectivity index (χ3v) is 1.56. The van der Waals surface area contributed by atoms with Gasteiger partial charge in [0.15, 0.2) is 0 Å². The smallest absolute Gasteiger partial charge is 0.335 e. The second kappa shape index (κ2) is 3.80. The van der Waals surface area contributed by atoms with E-state index in [-0.39, 0.29) is 5.56 Å². The molecule has 0 fully saturated rings. The summed E-state index contributed by atoms with van der Waals surface area (Å²) in [7, 11) is 0. The van der Waals surface area contributed by atoms with E-state index in [0.717, 1.165) is 0 Å². The van der Waals surface area contributed by atoms with Crippen LogP contribution in [0.1, 0.15) is 17.3 Å². The van der Waals surface area contributed by atoms with Gasteiger partial charge in [-0.3, -0.25) is 0 Å². The number of nitrogens with two attached hydrogens (primary N) is 1. The monoisotopic (exact) mass is 181 g/mol. The largest absolute Gasteiger partial charge is 0.492 e. The van der Waals surface area contributed by atoms with Crippen molar-refractivity contribution < 1.29 is 14.6 Å². The van der Waals surface area contributed by atoms with Crippen molar-refractivity contribution in [3.63, 3.8) is 0 Å². The van der Waals surface area contributed by atoms with Crippen LogP contribution < -0.4 is 10.5 Å². The molecular formula is C9H11NO3. The van der Waals surface area contributed by atoms with Crippen molar-refractivity contribution in [2.24, 2.45) is 0 Å². The number of nitrogen functional groups attached to an aromatic ring is 1. The molecule has 4 nitrogen and oxygen atoms in total. The minimum absolute atomic E-state index is 0.178. The Morgan fingerprint density at radius 3 is 2.85 bits per heavy atom. The van der Waals surface area contributed by atoms with Gasteiger partial charge in [-0.15, -0.1) is 0 Å². The van der Waals surface area contributed by atoms with Gasteiger partial charge in [0.05, 0.1) is 17.9 Å². The molecule has 0 saturated heterocycles. The van der Waals surface area contributed by atoms with Gasteiger partial charge in [-0.25, -0.2) is 4.79 Å². The Morgan fingerprint density at radius 1 is 1.62 bits per heavy atom. The minimum atomic E-state index is -0.985. The van der Waals surface area contributed by atoms with E-state index in [1.54, 1.807) is 0 Å². The number of benzene rings is 1. The van der Waals surface area contributed by atoms with Crippen LogP contribution >= 0.6 is 0 Å². The highest BCUT2D eigenvalue weighted by Gasteiger charge is 2.06. The number of aromatic carboxylic acids is 1. The quantitative estimate of drug-likeness (QED) is 0.690. The molecule has 0 aromatic heterocycles. The summed E-state index contributed by atoms with van der Waals surface area (Å²) in [6.07, 6.45) is 0. The van der Waals surface area contributed by atoms with Gasteiger partial charge < -0.3 is 15.6 Å². The lowest BCUT2D eigenvalue weighted by molar-refractivity contribution is 0.0696. The Labute approximate surface area is 75.9 Å². The molecule has 0 aliphatic rings. The average molecular weight is 181 g/mol. The Hall–Kier alpha value is -1.71. The zero-order valence-corrected chi connectivity index (χ0v) is 7.28. The van der Waals surface area contributed by atoms with Crippen LogP contribution in [0.4, 0.5) is 5.69 Å². The molecule has 0 aliphatic carbocycles. The van der Waals surface area contributed by atoms with Gasteiger partial charge in [-0.1, -0.05) is 0 Å². The molecular weight excluding hydrogens is 170 g/mol. The number of rotatable bonds is 3. The van der Waals surface area contributed by atoms with Crippen molar-refractivity contribution >= 4 is 11.7 Å².